The summed E-state index contributed by atoms with van der Waals surface area (Å²) >= 11 is 0. The first-order chi connectivity index (χ1) is 17.0. The molecule has 2 aromatic carbocycles. The van der Waals surface area contributed by atoms with Crippen molar-refractivity contribution < 1.29 is 28.3 Å². The van der Waals surface area contributed by atoms with E-state index in [0.717, 1.165) is 17.7 Å². The number of aromatic nitrogens is 1. The number of nitrogens with one attached hydrogen (secondary N) is 2. The van der Waals surface area contributed by atoms with Gasteiger partial charge in [0.15, 0.2) is 11.5 Å². The molecule has 10 nitrogen and oxygen atoms in total. The van der Waals surface area contributed by atoms with Gasteiger partial charge < -0.3 is 39.8 Å². The van der Waals surface area contributed by atoms with Crippen LogP contribution in [0.4, 0.5) is 0 Å². The van der Waals surface area contributed by atoms with E-state index in [1.165, 1.54) is 0 Å². The highest BCUT2D eigenvalue weighted by Crippen LogP contribution is 2.43. The minimum Gasteiger partial charge on any atom is -0.496 e. The van der Waals surface area contributed by atoms with Gasteiger partial charge in [-0.05, 0) is 36.9 Å². The lowest BCUT2D eigenvalue weighted by atomic mass is 9.92. The van der Waals surface area contributed by atoms with Crippen molar-refractivity contribution in [3.63, 3.8) is 0 Å². The Labute approximate surface area is 204 Å². The van der Waals surface area contributed by atoms with Gasteiger partial charge in [-0.2, -0.15) is 0 Å². The molecule has 1 heterocycles. The van der Waals surface area contributed by atoms with Gasteiger partial charge in [0.2, 0.25) is 11.7 Å². The maximum atomic E-state index is 12.4. The van der Waals surface area contributed by atoms with Crippen molar-refractivity contribution in [2.45, 2.75) is 5.92 Å². The van der Waals surface area contributed by atoms with Crippen LogP contribution in [-0.4, -0.2) is 66.2 Å². The van der Waals surface area contributed by atoms with Gasteiger partial charge in [0.05, 0.1) is 34.4 Å². The maximum Gasteiger partial charge on any atom is 0.226 e. The molecule has 3 aromatic rings. The summed E-state index contributed by atoms with van der Waals surface area (Å²) in [6.45, 7) is 1.83. The summed E-state index contributed by atoms with van der Waals surface area (Å²) < 4.78 is 27.3. The molecular weight excluding hydrogens is 452 g/mol. The van der Waals surface area contributed by atoms with Crippen LogP contribution in [0.1, 0.15) is 11.5 Å². The molecule has 0 bridgehead atoms. The third kappa shape index (κ3) is 5.67. The van der Waals surface area contributed by atoms with E-state index in [0.29, 0.717) is 52.9 Å². The van der Waals surface area contributed by atoms with Crippen LogP contribution in [0.15, 0.2) is 41.1 Å². The summed E-state index contributed by atoms with van der Waals surface area (Å²) in [6, 6.07) is 9.15. The average Bonchev–Trinajstić information content (AvgIpc) is 3.37. The molecule has 1 aromatic heterocycles. The van der Waals surface area contributed by atoms with Crippen molar-refractivity contribution in [2.75, 3.05) is 55.1 Å². The van der Waals surface area contributed by atoms with Crippen LogP contribution in [0.2, 0.25) is 0 Å². The number of nitrogens with zero attached hydrogens (tertiary/aromatic N) is 1. The highest BCUT2D eigenvalue weighted by atomic mass is 16.5. The Morgan fingerprint density at radius 1 is 0.971 bits per heavy atom. The number of primary amides is 1. The highest BCUT2D eigenvalue weighted by molar-refractivity contribution is 5.86. The largest absolute Gasteiger partial charge is 0.496 e. The van der Waals surface area contributed by atoms with Crippen molar-refractivity contribution in [3.05, 3.63) is 42.2 Å². The van der Waals surface area contributed by atoms with Crippen LogP contribution in [0.5, 0.6) is 23.0 Å². The normalized spacial score (nSPS) is 11.7. The van der Waals surface area contributed by atoms with E-state index in [2.05, 4.69) is 15.8 Å². The monoisotopic (exact) mass is 484 g/mol. The molecule has 3 rings (SSSR count). The SMILES string of the molecule is CNCCNCC(C(N)=O)c1cc(-c2conc2-c2cc(OC)c(OC)c(OC)c2)ccc1OC. The number of hydrogen-bond acceptors (Lipinski definition) is 9. The van der Waals surface area contributed by atoms with E-state index in [9.17, 15) is 4.79 Å². The average molecular weight is 485 g/mol. The van der Waals surface area contributed by atoms with Gasteiger partial charge in [0.25, 0.3) is 0 Å². The number of carbonyl (C=O) groups is 1. The maximum absolute atomic E-state index is 12.4. The number of hydrogen-bond donors (Lipinski definition) is 3. The summed E-state index contributed by atoms with van der Waals surface area (Å²) in [5.74, 6) is 0.989. The Morgan fingerprint density at radius 3 is 2.23 bits per heavy atom. The molecule has 1 atom stereocenters. The van der Waals surface area contributed by atoms with Crippen LogP contribution >= 0.6 is 0 Å². The zero-order valence-electron chi connectivity index (χ0n) is 20.6. The van der Waals surface area contributed by atoms with Crippen molar-refractivity contribution >= 4 is 5.91 Å². The first-order valence-electron chi connectivity index (χ1n) is 11.1. The fraction of sp³-hybridized carbons (Fsp3) is 0.360. The van der Waals surface area contributed by atoms with E-state index in [1.54, 1.807) is 52.9 Å². The molecule has 35 heavy (non-hydrogen) atoms. The Morgan fingerprint density at radius 2 is 1.66 bits per heavy atom. The molecule has 0 fully saturated rings. The molecule has 10 heteroatoms. The minimum atomic E-state index is -0.591. The molecule has 0 saturated heterocycles. The van der Waals surface area contributed by atoms with E-state index in [-0.39, 0.29) is 0 Å². The number of rotatable bonds is 13. The molecule has 0 aliphatic rings. The predicted octanol–water partition coefficient (Wildman–Crippen LogP) is 2.42. The quantitative estimate of drug-likeness (QED) is 0.313. The van der Waals surface area contributed by atoms with Crippen molar-refractivity contribution in [1.82, 2.24) is 15.8 Å². The van der Waals surface area contributed by atoms with Gasteiger partial charge in [0.1, 0.15) is 17.7 Å². The van der Waals surface area contributed by atoms with E-state index in [4.69, 9.17) is 29.2 Å². The summed E-state index contributed by atoms with van der Waals surface area (Å²) in [6.07, 6.45) is 1.55. The van der Waals surface area contributed by atoms with Crippen molar-refractivity contribution in [2.24, 2.45) is 5.73 Å². The Balaban J connectivity index is 2.06. The fourth-order valence-corrected chi connectivity index (χ4v) is 3.87. The van der Waals surface area contributed by atoms with Crippen LogP contribution < -0.4 is 35.3 Å². The molecule has 4 N–H and O–H groups in total. The summed E-state index contributed by atoms with van der Waals surface area (Å²) in [7, 11) is 8.07. The number of amides is 1. The third-order valence-corrected chi connectivity index (χ3v) is 5.67. The predicted molar refractivity (Wildman–Crippen MR) is 132 cm³/mol. The second kappa shape index (κ2) is 12.1. The molecule has 0 spiro atoms. The molecule has 0 aliphatic carbocycles. The first-order valence-corrected chi connectivity index (χ1v) is 11.1. The van der Waals surface area contributed by atoms with Crippen LogP contribution in [0, 0.1) is 0 Å². The summed E-state index contributed by atoms with van der Waals surface area (Å²) in [5.41, 5.74) is 9.22. The molecule has 0 radical (unpaired) electrons. The van der Waals surface area contributed by atoms with Gasteiger partial charge in [-0.15, -0.1) is 0 Å². The zero-order chi connectivity index (χ0) is 25.4. The minimum absolute atomic E-state index is 0.375. The number of benzene rings is 2. The summed E-state index contributed by atoms with van der Waals surface area (Å²) in [5, 5.41) is 10.5. The van der Waals surface area contributed by atoms with E-state index < -0.39 is 11.8 Å². The molecule has 0 aliphatic heterocycles. The van der Waals surface area contributed by atoms with Crippen LogP contribution in [0.25, 0.3) is 22.4 Å². The number of ether oxygens (including phenoxy) is 4. The smallest absolute Gasteiger partial charge is 0.226 e. The molecule has 188 valence electrons. The Kier molecular flexibility index (Phi) is 8.93. The van der Waals surface area contributed by atoms with E-state index >= 15 is 0 Å². The van der Waals surface area contributed by atoms with Crippen LogP contribution in [-0.2, 0) is 4.79 Å². The number of nitrogens with two attached hydrogens (primary N) is 1. The van der Waals surface area contributed by atoms with Gasteiger partial charge in [-0.3, -0.25) is 4.79 Å². The topological polar surface area (TPSA) is 130 Å². The van der Waals surface area contributed by atoms with Gasteiger partial charge in [-0.25, -0.2) is 0 Å². The highest BCUT2D eigenvalue weighted by Gasteiger charge is 2.24. The number of carbonyl (C=O) groups excluding carboxylic acids is 1. The lowest BCUT2D eigenvalue weighted by Gasteiger charge is -2.19. The lowest BCUT2D eigenvalue weighted by molar-refractivity contribution is -0.119. The third-order valence-electron chi connectivity index (χ3n) is 5.67. The fourth-order valence-electron chi connectivity index (χ4n) is 3.87. The molecule has 1 amide bonds. The Bertz CT molecular complexity index is 1120. The second-order valence-electron chi connectivity index (χ2n) is 7.71. The van der Waals surface area contributed by atoms with Gasteiger partial charge >= 0.3 is 0 Å². The molecular formula is C25H32N4O6. The lowest BCUT2D eigenvalue weighted by Crippen LogP contribution is -2.34. The van der Waals surface area contributed by atoms with Gasteiger partial charge in [-0.1, -0.05) is 11.2 Å². The van der Waals surface area contributed by atoms with Gasteiger partial charge in [0, 0.05) is 36.3 Å². The van der Waals surface area contributed by atoms with Crippen LogP contribution in [0.3, 0.4) is 0 Å². The second-order valence-corrected chi connectivity index (χ2v) is 7.71. The first kappa shape index (κ1) is 25.9. The Hall–Kier alpha value is -3.76. The zero-order valence-corrected chi connectivity index (χ0v) is 20.6. The molecule has 0 saturated carbocycles. The molecule has 1 unspecified atom stereocenters. The standard InChI is InChI=1S/C25H32N4O6/c1-27-8-9-28-13-18(25(26)30)17-10-15(6-7-20(17)31-2)19-14-35-29-23(19)16-11-21(32-3)24(34-5)22(12-16)33-4/h6-7,10-12,14,18,27-28H,8-9,13H2,1-5H3,(H2,26,30). The number of methoxy groups -OCH3 is 4. The van der Waals surface area contributed by atoms with Crippen molar-refractivity contribution in [3.8, 4) is 45.4 Å². The van der Waals surface area contributed by atoms with E-state index in [1.807, 2.05) is 19.2 Å². The number of likely N-dealkylation sites (N-methyl/N-ethyl adjacent to an activating group) is 1. The summed E-state index contributed by atoms with van der Waals surface area (Å²) in [4.78, 5) is 12.4. The van der Waals surface area contributed by atoms with Crippen molar-refractivity contribution in [1.29, 1.82) is 0 Å².